The van der Waals surface area contributed by atoms with Crippen LogP contribution in [0.15, 0.2) is 24.3 Å². The van der Waals surface area contributed by atoms with Crippen LogP contribution in [0.4, 0.5) is 0 Å². The summed E-state index contributed by atoms with van der Waals surface area (Å²) in [5.74, 6) is 0.190. The molecule has 1 aliphatic carbocycles. The molecule has 1 aromatic carbocycles. The summed E-state index contributed by atoms with van der Waals surface area (Å²) >= 11 is 1.71. The van der Waals surface area contributed by atoms with E-state index in [2.05, 4.69) is 16.4 Å². The largest absolute Gasteiger partial charge is 0.350 e. The number of carbonyl (C=O) groups is 1. The molecular formula is C22H32N3OS+. The highest BCUT2D eigenvalue weighted by molar-refractivity contribution is 7.18. The van der Waals surface area contributed by atoms with Crippen molar-refractivity contribution < 1.29 is 9.69 Å². The van der Waals surface area contributed by atoms with Crippen molar-refractivity contribution in [3.8, 4) is 0 Å². The van der Waals surface area contributed by atoms with Crippen molar-refractivity contribution in [3.63, 3.8) is 0 Å². The molecule has 27 heavy (non-hydrogen) atoms. The molecule has 0 spiro atoms. The van der Waals surface area contributed by atoms with E-state index in [1.54, 1.807) is 16.2 Å². The van der Waals surface area contributed by atoms with Gasteiger partial charge in [0, 0.05) is 25.7 Å². The second-order valence-corrected chi connectivity index (χ2v) is 9.47. The fourth-order valence-electron chi connectivity index (χ4n) is 5.00. The second-order valence-electron chi connectivity index (χ2n) is 8.36. The van der Waals surface area contributed by atoms with Crippen molar-refractivity contribution in [2.45, 2.75) is 69.7 Å². The number of rotatable bonds is 6. The van der Waals surface area contributed by atoms with Crippen molar-refractivity contribution in [3.05, 3.63) is 29.3 Å². The molecule has 1 aromatic heterocycles. The Morgan fingerprint density at radius 3 is 2.59 bits per heavy atom. The first-order valence-corrected chi connectivity index (χ1v) is 11.5. The Morgan fingerprint density at radius 2 is 1.81 bits per heavy atom. The summed E-state index contributed by atoms with van der Waals surface area (Å²) in [6.45, 7) is 3.45. The van der Waals surface area contributed by atoms with Gasteiger partial charge in [-0.25, -0.2) is 4.98 Å². The van der Waals surface area contributed by atoms with E-state index in [-0.39, 0.29) is 5.91 Å². The van der Waals surface area contributed by atoms with E-state index in [1.165, 1.54) is 69.2 Å². The zero-order valence-corrected chi connectivity index (χ0v) is 17.1. The van der Waals surface area contributed by atoms with E-state index in [0.29, 0.717) is 12.0 Å². The van der Waals surface area contributed by atoms with Crippen LogP contribution >= 0.6 is 11.3 Å². The Hall–Kier alpha value is -1.46. The third-order valence-corrected chi connectivity index (χ3v) is 7.64. The molecule has 2 N–H and O–H groups in total. The summed E-state index contributed by atoms with van der Waals surface area (Å²) in [6.07, 6.45) is 11.9. The number of nitrogens with one attached hydrogen (secondary N) is 2. The van der Waals surface area contributed by atoms with Gasteiger partial charge in [0.1, 0.15) is 5.54 Å². The minimum atomic E-state index is 0.190. The molecule has 1 saturated carbocycles. The van der Waals surface area contributed by atoms with Crippen LogP contribution in [0.5, 0.6) is 0 Å². The van der Waals surface area contributed by atoms with Gasteiger partial charge in [-0.15, -0.1) is 11.3 Å². The number of benzene rings is 1. The van der Waals surface area contributed by atoms with E-state index in [4.69, 9.17) is 0 Å². The minimum absolute atomic E-state index is 0.190. The summed E-state index contributed by atoms with van der Waals surface area (Å²) in [6, 6.07) is 8.21. The van der Waals surface area contributed by atoms with Gasteiger partial charge >= 0.3 is 0 Å². The van der Waals surface area contributed by atoms with E-state index in [0.717, 1.165) is 23.5 Å². The summed E-state index contributed by atoms with van der Waals surface area (Å²) in [7, 11) is 0. The van der Waals surface area contributed by atoms with Crippen LogP contribution in [-0.2, 0) is 11.2 Å². The quantitative estimate of drug-likeness (QED) is 0.801. The minimum Gasteiger partial charge on any atom is -0.350 e. The lowest BCUT2D eigenvalue weighted by Crippen LogP contribution is -3.22. The lowest BCUT2D eigenvalue weighted by Gasteiger charge is -2.45. The molecule has 4 rings (SSSR count). The van der Waals surface area contributed by atoms with Crippen LogP contribution in [0.2, 0.25) is 0 Å². The molecule has 0 radical (unpaired) electrons. The van der Waals surface area contributed by atoms with Crippen molar-refractivity contribution >= 4 is 27.5 Å². The molecule has 1 aliphatic heterocycles. The molecule has 146 valence electrons. The predicted molar refractivity (Wildman–Crippen MR) is 111 cm³/mol. The summed E-state index contributed by atoms with van der Waals surface area (Å²) < 4.78 is 1.21. The van der Waals surface area contributed by atoms with Gasteiger partial charge in [0.25, 0.3) is 0 Å². The lowest BCUT2D eigenvalue weighted by molar-refractivity contribution is -0.957. The average molecular weight is 387 g/mol. The number of nitrogens with zero attached hydrogens (tertiary/aromatic N) is 1. The van der Waals surface area contributed by atoms with Crippen LogP contribution in [0.3, 0.4) is 0 Å². The van der Waals surface area contributed by atoms with Crippen LogP contribution in [0.25, 0.3) is 10.2 Å². The Bertz CT molecular complexity index is 727. The number of quaternary nitrogens is 1. The van der Waals surface area contributed by atoms with Gasteiger partial charge in [-0.05, 0) is 44.2 Å². The van der Waals surface area contributed by atoms with Crippen LogP contribution < -0.4 is 10.2 Å². The smallest absolute Gasteiger partial charge is 0.220 e. The SMILES string of the molecule is O=C(CCc1nc2ccccc2s1)NCC1([NH+]2CCCCC2)CCCCC1. The average Bonchev–Trinajstić information content (AvgIpc) is 3.15. The molecule has 2 aromatic rings. The number of fused-ring (bicyclic) bond motifs is 1. The number of hydrogen-bond donors (Lipinski definition) is 2. The highest BCUT2D eigenvalue weighted by Gasteiger charge is 2.42. The van der Waals surface area contributed by atoms with Crippen LogP contribution in [0.1, 0.15) is 62.8 Å². The Morgan fingerprint density at radius 1 is 1.07 bits per heavy atom. The maximum atomic E-state index is 12.6. The third kappa shape index (κ3) is 4.52. The molecular weight excluding hydrogens is 354 g/mol. The molecule has 1 amide bonds. The molecule has 0 bridgehead atoms. The molecule has 5 heteroatoms. The lowest BCUT2D eigenvalue weighted by atomic mass is 9.79. The third-order valence-electron chi connectivity index (χ3n) is 6.55. The van der Waals surface area contributed by atoms with Gasteiger partial charge in [-0.3, -0.25) is 4.79 Å². The summed E-state index contributed by atoms with van der Waals surface area (Å²) in [4.78, 5) is 19.0. The predicted octanol–water partition coefficient (Wildman–Crippen LogP) is 3.12. The first-order valence-electron chi connectivity index (χ1n) is 10.7. The Kier molecular flexibility index (Phi) is 6.08. The van der Waals surface area contributed by atoms with E-state index >= 15 is 0 Å². The number of aromatic nitrogens is 1. The number of amides is 1. The molecule has 1 saturated heterocycles. The number of carbonyl (C=O) groups excluding carboxylic acids is 1. The number of para-hydroxylation sites is 1. The molecule has 2 aliphatic rings. The second kappa shape index (κ2) is 8.70. The fraction of sp³-hybridized carbons (Fsp3) is 0.636. The molecule has 2 fully saturated rings. The zero-order valence-electron chi connectivity index (χ0n) is 16.3. The number of hydrogen-bond acceptors (Lipinski definition) is 3. The maximum absolute atomic E-state index is 12.6. The van der Waals surface area contributed by atoms with Gasteiger partial charge in [-0.1, -0.05) is 18.6 Å². The van der Waals surface area contributed by atoms with Crippen LogP contribution in [-0.4, -0.2) is 36.1 Å². The zero-order chi connectivity index (χ0) is 18.5. The molecule has 0 unspecified atom stereocenters. The molecule has 0 atom stereocenters. The number of piperidine rings is 1. The number of aryl methyl sites for hydroxylation is 1. The number of likely N-dealkylation sites (tertiary alicyclic amines) is 1. The van der Waals surface area contributed by atoms with Gasteiger partial charge in [0.2, 0.25) is 5.91 Å². The van der Waals surface area contributed by atoms with E-state index < -0.39 is 0 Å². The number of thiazole rings is 1. The maximum Gasteiger partial charge on any atom is 0.220 e. The normalized spacial score (nSPS) is 20.6. The van der Waals surface area contributed by atoms with Crippen molar-refractivity contribution in [2.24, 2.45) is 0 Å². The molecule has 2 heterocycles. The summed E-state index contributed by atoms with van der Waals surface area (Å²) in [5, 5.41) is 4.38. The first-order chi connectivity index (χ1) is 13.3. The Labute approximate surface area is 166 Å². The van der Waals surface area contributed by atoms with Gasteiger partial charge in [-0.2, -0.15) is 0 Å². The first kappa shape index (κ1) is 18.9. The summed E-state index contributed by atoms with van der Waals surface area (Å²) in [5.41, 5.74) is 1.34. The van der Waals surface area contributed by atoms with Crippen molar-refractivity contribution in [1.82, 2.24) is 10.3 Å². The topological polar surface area (TPSA) is 46.4 Å². The van der Waals surface area contributed by atoms with Gasteiger partial charge in [0.05, 0.1) is 34.9 Å². The van der Waals surface area contributed by atoms with Gasteiger partial charge in [0.15, 0.2) is 0 Å². The van der Waals surface area contributed by atoms with E-state index in [9.17, 15) is 4.79 Å². The van der Waals surface area contributed by atoms with E-state index in [1.807, 2.05) is 18.2 Å². The molecule has 4 nitrogen and oxygen atoms in total. The van der Waals surface area contributed by atoms with Crippen LogP contribution in [0, 0.1) is 0 Å². The van der Waals surface area contributed by atoms with Gasteiger partial charge < -0.3 is 10.2 Å². The van der Waals surface area contributed by atoms with Crippen molar-refractivity contribution in [1.29, 1.82) is 0 Å². The van der Waals surface area contributed by atoms with Crippen molar-refractivity contribution in [2.75, 3.05) is 19.6 Å². The highest BCUT2D eigenvalue weighted by Crippen LogP contribution is 2.26. The highest BCUT2D eigenvalue weighted by atomic mass is 32.1. The standard InChI is InChI=1S/C22H31N3OS/c26-20(11-12-21-24-18-9-3-4-10-19(18)27-21)23-17-22(13-5-1-6-14-22)25-15-7-2-8-16-25/h3-4,9-10H,1-2,5-8,11-17H2,(H,23,26)/p+1. The monoisotopic (exact) mass is 386 g/mol. The fourth-order valence-corrected chi connectivity index (χ4v) is 5.96. The Balaban J connectivity index is 1.32.